The third-order valence-electron chi connectivity index (χ3n) is 4.99. The number of hydrogen-bond donors (Lipinski definition) is 0. The first-order chi connectivity index (χ1) is 10.4. The molecule has 1 rings (SSSR count). The smallest absolute Gasteiger partial charge is 0.0320 e. The van der Waals surface area contributed by atoms with Gasteiger partial charge in [-0.1, -0.05) is 95.6 Å². The predicted molar refractivity (Wildman–Crippen MR) is 96.9 cm³/mol. The zero-order chi connectivity index (χ0) is 15.0. The van der Waals surface area contributed by atoms with Gasteiger partial charge in [0.1, 0.15) is 0 Å². The molecule has 0 heterocycles. The van der Waals surface area contributed by atoms with Gasteiger partial charge in [-0.3, -0.25) is 0 Å². The molecular formula is C21H40. The second-order valence-electron chi connectivity index (χ2n) is 7.10. The normalized spacial score (nSPS) is 15.4. The van der Waals surface area contributed by atoms with Crippen LogP contribution < -0.4 is 0 Å². The molecule has 21 heavy (non-hydrogen) atoms. The number of hydrogen-bond acceptors (Lipinski definition) is 0. The van der Waals surface area contributed by atoms with E-state index in [9.17, 15) is 0 Å². The van der Waals surface area contributed by atoms with Gasteiger partial charge in [0.05, 0.1) is 0 Å². The van der Waals surface area contributed by atoms with Gasteiger partial charge in [-0.05, 0) is 38.5 Å². The Bertz CT molecular complexity index is 230. The zero-order valence-electron chi connectivity index (χ0n) is 14.8. The van der Waals surface area contributed by atoms with Crippen molar-refractivity contribution < 1.29 is 0 Å². The minimum absolute atomic E-state index is 1.35. The van der Waals surface area contributed by atoms with Crippen molar-refractivity contribution in [1.29, 1.82) is 0 Å². The molecular weight excluding hydrogens is 252 g/mol. The second-order valence-corrected chi connectivity index (χ2v) is 7.10. The van der Waals surface area contributed by atoms with E-state index in [1.807, 2.05) is 0 Å². The van der Waals surface area contributed by atoms with Crippen molar-refractivity contribution in [3.05, 3.63) is 11.6 Å². The average molecular weight is 293 g/mol. The van der Waals surface area contributed by atoms with Crippen LogP contribution in [0.4, 0.5) is 0 Å². The van der Waals surface area contributed by atoms with Crippen molar-refractivity contribution in [1.82, 2.24) is 0 Å². The van der Waals surface area contributed by atoms with Gasteiger partial charge in [0.2, 0.25) is 0 Å². The highest BCUT2D eigenvalue weighted by Crippen LogP contribution is 2.23. The van der Waals surface area contributed by atoms with Crippen molar-refractivity contribution in [3.8, 4) is 0 Å². The maximum absolute atomic E-state index is 2.56. The highest BCUT2D eigenvalue weighted by Gasteiger charge is 2.03. The van der Waals surface area contributed by atoms with E-state index in [2.05, 4.69) is 13.0 Å². The number of rotatable bonds is 13. The van der Waals surface area contributed by atoms with Crippen LogP contribution >= 0.6 is 0 Å². The molecule has 0 bridgehead atoms. The molecule has 124 valence electrons. The molecule has 1 fully saturated rings. The summed E-state index contributed by atoms with van der Waals surface area (Å²) in [5.41, 5.74) is 1.77. The van der Waals surface area contributed by atoms with E-state index in [-0.39, 0.29) is 0 Å². The van der Waals surface area contributed by atoms with E-state index in [0.717, 1.165) is 0 Å². The zero-order valence-corrected chi connectivity index (χ0v) is 14.8. The van der Waals surface area contributed by atoms with Crippen LogP contribution in [-0.4, -0.2) is 0 Å². The predicted octanol–water partition coefficient (Wildman–Crippen LogP) is 7.97. The fourth-order valence-corrected chi connectivity index (χ4v) is 3.50. The van der Waals surface area contributed by atoms with Crippen LogP contribution in [0.3, 0.4) is 0 Å². The van der Waals surface area contributed by atoms with Crippen molar-refractivity contribution in [2.75, 3.05) is 0 Å². The third kappa shape index (κ3) is 12.0. The first-order valence-corrected chi connectivity index (χ1v) is 10.1. The minimum atomic E-state index is 1.35. The quantitative estimate of drug-likeness (QED) is 0.238. The second kappa shape index (κ2) is 14.7. The van der Waals surface area contributed by atoms with Crippen molar-refractivity contribution in [2.45, 2.75) is 122 Å². The van der Waals surface area contributed by atoms with Gasteiger partial charge in [-0.15, -0.1) is 0 Å². The first kappa shape index (κ1) is 18.8. The SMILES string of the molecule is CCCCCCCCCCCCCCC=C1CCCCC1. The van der Waals surface area contributed by atoms with Crippen LogP contribution in [0.25, 0.3) is 0 Å². The molecule has 0 spiro atoms. The average Bonchev–Trinajstić information content (AvgIpc) is 2.53. The van der Waals surface area contributed by atoms with Gasteiger partial charge in [0.15, 0.2) is 0 Å². The molecule has 0 aromatic heterocycles. The highest BCUT2D eigenvalue weighted by molar-refractivity contribution is 5.03. The summed E-state index contributed by atoms with van der Waals surface area (Å²) >= 11 is 0. The lowest BCUT2D eigenvalue weighted by molar-refractivity contribution is 0.544. The van der Waals surface area contributed by atoms with Crippen molar-refractivity contribution >= 4 is 0 Å². The molecule has 0 heteroatoms. The van der Waals surface area contributed by atoms with Crippen LogP contribution in [0, 0.1) is 0 Å². The Balaban J connectivity index is 1.74. The summed E-state index contributed by atoms with van der Waals surface area (Å²) < 4.78 is 0. The Morgan fingerprint density at radius 3 is 1.62 bits per heavy atom. The molecule has 0 N–H and O–H groups in total. The van der Waals surface area contributed by atoms with E-state index in [1.165, 1.54) is 116 Å². The highest BCUT2D eigenvalue weighted by atomic mass is 14.1. The molecule has 0 amide bonds. The van der Waals surface area contributed by atoms with Gasteiger partial charge >= 0.3 is 0 Å². The topological polar surface area (TPSA) is 0 Å². The Morgan fingerprint density at radius 1 is 0.619 bits per heavy atom. The first-order valence-electron chi connectivity index (χ1n) is 10.1. The van der Waals surface area contributed by atoms with Gasteiger partial charge in [0.25, 0.3) is 0 Å². The molecule has 0 unspecified atom stereocenters. The Morgan fingerprint density at radius 2 is 1.10 bits per heavy atom. The molecule has 1 aliphatic carbocycles. The Hall–Kier alpha value is -0.260. The number of unbranched alkanes of at least 4 members (excludes halogenated alkanes) is 12. The summed E-state index contributed by atoms with van der Waals surface area (Å²) in [5.74, 6) is 0. The monoisotopic (exact) mass is 292 g/mol. The van der Waals surface area contributed by atoms with E-state index < -0.39 is 0 Å². The van der Waals surface area contributed by atoms with Gasteiger partial charge in [-0.2, -0.15) is 0 Å². The van der Waals surface area contributed by atoms with Gasteiger partial charge in [0, 0.05) is 0 Å². The fourth-order valence-electron chi connectivity index (χ4n) is 3.50. The van der Waals surface area contributed by atoms with E-state index >= 15 is 0 Å². The molecule has 0 aromatic carbocycles. The summed E-state index contributed by atoms with van der Waals surface area (Å²) in [6.07, 6.45) is 28.6. The van der Waals surface area contributed by atoms with Crippen LogP contribution in [0.1, 0.15) is 122 Å². The fraction of sp³-hybridized carbons (Fsp3) is 0.905. The molecule has 1 saturated carbocycles. The van der Waals surface area contributed by atoms with Gasteiger partial charge < -0.3 is 0 Å². The maximum atomic E-state index is 2.56. The van der Waals surface area contributed by atoms with E-state index in [4.69, 9.17) is 0 Å². The lowest BCUT2D eigenvalue weighted by atomic mass is 9.94. The maximum Gasteiger partial charge on any atom is -0.0320 e. The largest absolute Gasteiger partial charge is 0.0853 e. The molecule has 0 saturated heterocycles. The molecule has 0 radical (unpaired) electrons. The number of allylic oxidation sites excluding steroid dienone is 2. The molecule has 0 aliphatic heterocycles. The van der Waals surface area contributed by atoms with Crippen LogP contribution in [0.15, 0.2) is 11.6 Å². The standard InChI is InChI=1S/C21H40/c1-2-3-4-5-6-7-8-9-10-11-12-13-15-18-21-19-16-14-17-20-21/h18H,2-17,19-20H2,1H3. The molecule has 0 nitrogen and oxygen atoms in total. The molecule has 0 aromatic rings. The Kier molecular flexibility index (Phi) is 13.1. The van der Waals surface area contributed by atoms with Crippen LogP contribution in [0.5, 0.6) is 0 Å². The summed E-state index contributed by atoms with van der Waals surface area (Å²) in [4.78, 5) is 0. The molecule has 0 atom stereocenters. The van der Waals surface area contributed by atoms with Crippen molar-refractivity contribution in [2.24, 2.45) is 0 Å². The summed E-state index contributed by atoms with van der Waals surface area (Å²) in [7, 11) is 0. The van der Waals surface area contributed by atoms with E-state index in [0.29, 0.717) is 0 Å². The third-order valence-corrected chi connectivity index (χ3v) is 4.99. The summed E-state index contributed by atoms with van der Waals surface area (Å²) in [5, 5.41) is 0. The Labute approximate surface area is 134 Å². The molecule has 1 aliphatic rings. The summed E-state index contributed by atoms with van der Waals surface area (Å²) in [6, 6.07) is 0. The van der Waals surface area contributed by atoms with Gasteiger partial charge in [-0.25, -0.2) is 0 Å². The lowest BCUT2D eigenvalue weighted by Crippen LogP contribution is -1.93. The van der Waals surface area contributed by atoms with Crippen LogP contribution in [-0.2, 0) is 0 Å². The van der Waals surface area contributed by atoms with Crippen molar-refractivity contribution in [3.63, 3.8) is 0 Å². The van der Waals surface area contributed by atoms with E-state index in [1.54, 1.807) is 5.57 Å². The summed E-state index contributed by atoms with van der Waals surface area (Å²) in [6.45, 7) is 2.30. The minimum Gasteiger partial charge on any atom is -0.0853 e. The van der Waals surface area contributed by atoms with Crippen LogP contribution in [0.2, 0.25) is 0 Å². The lowest BCUT2D eigenvalue weighted by Gasteiger charge is -2.13.